The topological polar surface area (TPSA) is 113 Å². The van der Waals surface area contributed by atoms with Crippen molar-refractivity contribution >= 4 is 23.5 Å². The minimum absolute atomic E-state index is 0.0677. The first-order valence-corrected chi connectivity index (χ1v) is 10.6. The second-order valence-corrected chi connectivity index (χ2v) is 8.38. The van der Waals surface area contributed by atoms with E-state index in [4.69, 9.17) is 0 Å². The summed E-state index contributed by atoms with van der Waals surface area (Å²) < 4.78 is 1.61. The fourth-order valence-electron chi connectivity index (χ4n) is 5.08. The molecule has 0 aromatic carbocycles. The number of amides is 2. The van der Waals surface area contributed by atoms with Crippen LogP contribution in [0, 0.1) is 23.7 Å². The average Bonchev–Trinajstić information content (AvgIpc) is 3.42. The van der Waals surface area contributed by atoms with Gasteiger partial charge in [0.05, 0.1) is 17.5 Å². The molecule has 4 atom stereocenters. The molecule has 8 nitrogen and oxygen atoms in total. The molecule has 2 amide bonds. The number of aryl methyl sites for hydroxylation is 1. The fourth-order valence-corrected chi connectivity index (χ4v) is 5.08. The number of carbonyl (C=O) groups is 3. The highest BCUT2D eigenvalue weighted by molar-refractivity contribution is 6.03. The molecule has 1 aromatic heterocycles. The van der Waals surface area contributed by atoms with Gasteiger partial charge < -0.3 is 15.7 Å². The number of allylic oxidation sites excluding steroid dienone is 2. The van der Waals surface area contributed by atoms with Gasteiger partial charge in [0.2, 0.25) is 5.91 Å². The maximum Gasteiger partial charge on any atom is 0.307 e. The van der Waals surface area contributed by atoms with Gasteiger partial charge in [-0.2, -0.15) is 5.10 Å². The summed E-state index contributed by atoms with van der Waals surface area (Å²) in [7, 11) is 0. The van der Waals surface area contributed by atoms with E-state index in [1.165, 1.54) is 6.42 Å². The van der Waals surface area contributed by atoms with Gasteiger partial charge in [-0.1, -0.05) is 31.4 Å². The van der Waals surface area contributed by atoms with Crippen LogP contribution in [0.1, 0.15) is 55.9 Å². The number of aromatic nitrogens is 2. The highest BCUT2D eigenvalue weighted by Gasteiger charge is 2.51. The van der Waals surface area contributed by atoms with Gasteiger partial charge in [-0.15, -0.1) is 0 Å². The molecule has 0 aliphatic heterocycles. The van der Waals surface area contributed by atoms with Crippen LogP contribution in [0.5, 0.6) is 0 Å². The number of anilines is 1. The van der Waals surface area contributed by atoms with Crippen molar-refractivity contribution in [1.29, 1.82) is 0 Å². The maximum absolute atomic E-state index is 13.0. The van der Waals surface area contributed by atoms with Crippen LogP contribution in [-0.4, -0.2) is 38.7 Å². The predicted octanol–water partition coefficient (Wildman–Crippen LogP) is 2.43. The Hall–Kier alpha value is -2.64. The molecule has 3 aliphatic carbocycles. The fraction of sp³-hybridized carbons (Fsp3) is 0.619. The Labute approximate surface area is 169 Å². The second kappa shape index (κ2) is 8.00. The molecule has 2 fully saturated rings. The zero-order valence-electron chi connectivity index (χ0n) is 16.6. The third kappa shape index (κ3) is 3.80. The van der Waals surface area contributed by atoms with Gasteiger partial charge in [-0.3, -0.25) is 19.1 Å². The highest BCUT2D eigenvalue weighted by atomic mass is 16.4. The molecule has 4 rings (SSSR count). The van der Waals surface area contributed by atoms with Crippen molar-refractivity contribution in [2.75, 3.05) is 5.32 Å². The van der Waals surface area contributed by atoms with Crippen molar-refractivity contribution in [3.8, 4) is 0 Å². The Bertz CT molecular complexity index is 840. The molecule has 0 unspecified atom stereocenters. The van der Waals surface area contributed by atoms with Crippen LogP contribution in [0.15, 0.2) is 18.3 Å². The maximum atomic E-state index is 13.0. The second-order valence-electron chi connectivity index (χ2n) is 8.38. The molecule has 1 heterocycles. The molecule has 3 N–H and O–H groups in total. The standard InChI is InChI=1S/C21H28N4O4/c1-2-25-11-15(18(24-25)20(27)22-14-6-4-3-5-7-14)23-19(26)16-12-8-9-13(10-12)17(16)21(28)29/h8-9,11-14,16-17H,2-7,10H2,1H3,(H,22,27)(H,23,26)(H,28,29)/t12-,13-,16-,17+/m0/s1. The zero-order chi connectivity index (χ0) is 20.5. The van der Waals surface area contributed by atoms with Crippen LogP contribution in [0.4, 0.5) is 5.69 Å². The van der Waals surface area contributed by atoms with E-state index in [0.29, 0.717) is 18.7 Å². The van der Waals surface area contributed by atoms with Crippen molar-refractivity contribution < 1.29 is 19.5 Å². The normalized spacial score (nSPS) is 28.4. The van der Waals surface area contributed by atoms with Crippen molar-refractivity contribution in [3.05, 3.63) is 24.0 Å². The molecule has 1 aromatic rings. The summed E-state index contributed by atoms with van der Waals surface area (Å²) in [6.07, 6.45) is 11.5. The lowest BCUT2D eigenvalue weighted by Crippen LogP contribution is -2.38. The van der Waals surface area contributed by atoms with E-state index in [9.17, 15) is 19.5 Å². The summed E-state index contributed by atoms with van der Waals surface area (Å²) in [5.41, 5.74) is 0.539. The Morgan fingerprint density at radius 3 is 2.48 bits per heavy atom. The summed E-state index contributed by atoms with van der Waals surface area (Å²) in [5.74, 6) is -3.09. The first-order chi connectivity index (χ1) is 14.0. The molecule has 2 saturated carbocycles. The Balaban J connectivity index is 1.51. The number of hydrogen-bond acceptors (Lipinski definition) is 4. The van der Waals surface area contributed by atoms with Crippen LogP contribution in [-0.2, 0) is 16.1 Å². The molecular weight excluding hydrogens is 372 g/mol. The number of carboxylic acid groups (broad SMARTS) is 1. The van der Waals surface area contributed by atoms with Crippen molar-refractivity contribution in [3.63, 3.8) is 0 Å². The number of carbonyl (C=O) groups excluding carboxylic acids is 2. The monoisotopic (exact) mass is 400 g/mol. The van der Waals surface area contributed by atoms with E-state index in [-0.39, 0.29) is 35.4 Å². The zero-order valence-corrected chi connectivity index (χ0v) is 16.6. The minimum atomic E-state index is -0.943. The van der Waals surface area contributed by atoms with Gasteiger partial charge >= 0.3 is 5.97 Å². The summed E-state index contributed by atoms with van der Waals surface area (Å²) in [4.78, 5) is 37.5. The van der Waals surface area contributed by atoms with Gasteiger partial charge in [0, 0.05) is 18.8 Å². The molecule has 156 valence electrons. The Morgan fingerprint density at radius 1 is 1.14 bits per heavy atom. The quantitative estimate of drug-likeness (QED) is 0.635. The average molecular weight is 400 g/mol. The third-order valence-electron chi connectivity index (χ3n) is 6.55. The number of aliphatic carboxylic acids is 1. The van der Waals surface area contributed by atoms with Crippen LogP contribution in [0.2, 0.25) is 0 Å². The van der Waals surface area contributed by atoms with E-state index in [2.05, 4.69) is 15.7 Å². The van der Waals surface area contributed by atoms with Gasteiger partial charge in [0.15, 0.2) is 5.69 Å². The number of rotatable bonds is 6. The van der Waals surface area contributed by atoms with E-state index in [1.807, 2.05) is 19.1 Å². The first kappa shape index (κ1) is 19.7. The Morgan fingerprint density at radius 2 is 1.83 bits per heavy atom. The van der Waals surface area contributed by atoms with Gasteiger partial charge in [-0.05, 0) is 38.0 Å². The molecule has 0 spiro atoms. The molecule has 0 saturated heterocycles. The molecule has 3 aliphatic rings. The minimum Gasteiger partial charge on any atom is -0.481 e. The van der Waals surface area contributed by atoms with E-state index < -0.39 is 17.8 Å². The smallest absolute Gasteiger partial charge is 0.307 e. The number of hydrogen-bond donors (Lipinski definition) is 3. The predicted molar refractivity (Wildman–Crippen MR) is 106 cm³/mol. The van der Waals surface area contributed by atoms with Crippen molar-refractivity contribution in [2.24, 2.45) is 23.7 Å². The number of nitrogens with zero attached hydrogens (tertiary/aromatic N) is 2. The van der Waals surface area contributed by atoms with Crippen molar-refractivity contribution in [1.82, 2.24) is 15.1 Å². The molecule has 2 bridgehead atoms. The molecule has 8 heteroatoms. The first-order valence-electron chi connectivity index (χ1n) is 10.6. The van der Waals surface area contributed by atoms with Gasteiger partial charge in [0.25, 0.3) is 5.91 Å². The summed E-state index contributed by atoms with van der Waals surface area (Å²) in [6, 6.07) is 0.138. The van der Waals surface area contributed by atoms with E-state index in [0.717, 1.165) is 25.7 Å². The summed E-state index contributed by atoms with van der Waals surface area (Å²) in [6.45, 7) is 2.47. The lowest BCUT2D eigenvalue weighted by Gasteiger charge is -2.24. The Kier molecular flexibility index (Phi) is 5.43. The SMILES string of the molecule is CCn1cc(NC(=O)[C@@H]2[C@H](C(=O)O)[C@H]3C=C[C@H]2C3)c(C(=O)NC2CCCCC2)n1. The highest BCUT2D eigenvalue weighted by Crippen LogP contribution is 2.48. The summed E-state index contributed by atoms with van der Waals surface area (Å²) in [5, 5.41) is 19.8. The van der Waals surface area contributed by atoms with Crippen LogP contribution in [0.3, 0.4) is 0 Å². The largest absolute Gasteiger partial charge is 0.481 e. The third-order valence-corrected chi connectivity index (χ3v) is 6.55. The number of nitrogens with one attached hydrogen (secondary N) is 2. The summed E-state index contributed by atoms with van der Waals surface area (Å²) >= 11 is 0. The van der Waals surface area contributed by atoms with Crippen LogP contribution < -0.4 is 10.6 Å². The van der Waals surface area contributed by atoms with Gasteiger partial charge in [0.1, 0.15) is 0 Å². The molecular formula is C21H28N4O4. The lowest BCUT2D eigenvalue weighted by atomic mass is 9.82. The van der Waals surface area contributed by atoms with Gasteiger partial charge in [-0.25, -0.2) is 0 Å². The van der Waals surface area contributed by atoms with Crippen molar-refractivity contribution in [2.45, 2.75) is 58.0 Å². The van der Waals surface area contributed by atoms with Crippen LogP contribution >= 0.6 is 0 Å². The molecule has 0 radical (unpaired) electrons. The number of carboxylic acids is 1. The van der Waals surface area contributed by atoms with E-state index >= 15 is 0 Å². The van der Waals surface area contributed by atoms with E-state index in [1.54, 1.807) is 10.9 Å². The number of fused-ring (bicyclic) bond motifs is 2. The lowest BCUT2D eigenvalue weighted by molar-refractivity contribution is -0.146. The van der Waals surface area contributed by atoms with Crippen LogP contribution in [0.25, 0.3) is 0 Å². The molecule has 29 heavy (non-hydrogen) atoms.